The Balaban J connectivity index is 1.63. The van der Waals surface area contributed by atoms with Crippen molar-refractivity contribution in [2.45, 2.75) is 51.2 Å². The number of aliphatic hydroxyl groups is 1. The highest BCUT2D eigenvalue weighted by molar-refractivity contribution is 5.84. The molecule has 1 N–H and O–H groups in total. The number of hydrogen-bond donors (Lipinski definition) is 1. The highest BCUT2D eigenvalue weighted by Crippen LogP contribution is 2.32. The number of nitrogens with zero attached hydrogens (tertiary/aromatic N) is 3. The van der Waals surface area contributed by atoms with Gasteiger partial charge in [0.25, 0.3) is 5.56 Å². The number of aromatic nitrogens is 3. The fourth-order valence-electron chi connectivity index (χ4n) is 4.73. The zero-order valence-corrected chi connectivity index (χ0v) is 16.6. The molecule has 2 aromatic heterocycles. The molecule has 1 fully saturated rings. The summed E-state index contributed by atoms with van der Waals surface area (Å²) in [7, 11) is 0. The number of fused-ring (bicyclic) bond motifs is 3. The van der Waals surface area contributed by atoms with Crippen LogP contribution in [0, 0.1) is 6.92 Å². The van der Waals surface area contributed by atoms with Gasteiger partial charge in [0.2, 0.25) is 0 Å². The molecule has 1 aliphatic carbocycles. The van der Waals surface area contributed by atoms with E-state index in [1.54, 1.807) is 10.9 Å². The summed E-state index contributed by atoms with van der Waals surface area (Å²) in [4.78, 5) is 22.5. The molecule has 3 aromatic rings. The zero-order chi connectivity index (χ0) is 20.0. The van der Waals surface area contributed by atoms with Gasteiger partial charge in [-0.1, -0.05) is 6.07 Å². The van der Waals surface area contributed by atoms with Crippen molar-refractivity contribution in [3.63, 3.8) is 0 Å². The molecule has 0 radical (unpaired) electrons. The van der Waals surface area contributed by atoms with E-state index in [1.807, 2.05) is 25.3 Å². The molecule has 0 bridgehead atoms. The number of aliphatic hydroxyl groups excluding tert-OH is 1. The van der Waals surface area contributed by atoms with Crippen molar-refractivity contribution in [2.24, 2.45) is 0 Å². The van der Waals surface area contributed by atoms with Crippen LogP contribution in [0.1, 0.15) is 46.8 Å². The molecule has 1 aliphatic heterocycles. The Morgan fingerprint density at radius 2 is 2.10 bits per heavy atom. The second-order valence-electron chi connectivity index (χ2n) is 8.18. The van der Waals surface area contributed by atoms with Gasteiger partial charge in [0, 0.05) is 18.5 Å². The lowest BCUT2D eigenvalue weighted by atomic mass is 9.95. The fourth-order valence-corrected chi connectivity index (χ4v) is 4.73. The summed E-state index contributed by atoms with van der Waals surface area (Å²) in [6, 6.07) is 5.87. The summed E-state index contributed by atoms with van der Waals surface area (Å²) < 4.78 is 6.93. The third kappa shape index (κ3) is 3.26. The number of aryl methyl sites for hydroxylation is 2. The Hall–Kier alpha value is -2.57. The fraction of sp³-hybridized carbons (Fsp3) is 0.435. The number of rotatable bonds is 3. The van der Waals surface area contributed by atoms with Gasteiger partial charge in [-0.25, -0.2) is 4.98 Å². The Bertz CT molecular complexity index is 1120. The molecule has 29 heavy (non-hydrogen) atoms. The number of ether oxygens (including phenoxy) is 1. The van der Waals surface area contributed by atoms with Gasteiger partial charge in [0.15, 0.2) is 0 Å². The predicted octanol–water partition coefficient (Wildman–Crippen LogP) is 2.50. The van der Waals surface area contributed by atoms with Gasteiger partial charge >= 0.3 is 0 Å². The molecule has 0 unspecified atom stereocenters. The summed E-state index contributed by atoms with van der Waals surface area (Å²) in [5.41, 5.74) is 6.65. The first-order valence-electron chi connectivity index (χ1n) is 10.3. The largest absolute Gasteiger partial charge is 0.389 e. The third-order valence-electron chi connectivity index (χ3n) is 6.26. The summed E-state index contributed by atoms with van der Waals surface area (Å²) in [5.74, 6) is 0. The topological polar surface area (TPSA) is 77.2 Å². The SMILES string of the molecule is Cc1ccc(Cc2cc3c(=O)n([C@H]4CCOC[C@@H]4O)cnc3c3c2CCC3)cn1. The van der Waals surface area contributed by atoms with Crippen molar-refractivity contribution in [1.29, 1.82) is 0 Å². The first-order valence-corrected chi connectivity index (χ1v) is 10.3. The monoisotopic (exact) mass is 391 g/mol. The van der Waals surface area contributed by atoms with Gasteiger partial charge in [0.1, 0.15) is 0 Å². The van der Waals surface area contributed by atoms with E-state index < -0.39 is 6.10 Å². The number of benzene rings is 1. The molecule has 2 aliphatic rings. The van der Waals surface area contributed by atoms with Crippen LogP contribution in [0.2, 0.25) is 0 Å². The maximum atomic E-state index is 13.4. The maximum Gasteiger partial charge on any atom is 0.261 e. The molecular weight excluding hydrogens is 366 g/mol. The van der Waals surface area contributed by atoms with E-state index in [4.69, 9.17) is 4.74 Å². The lowest BCUT2D eigenvalue weighted by Crippen LogP contribution is -2.39. The van der Waals surface area contributed by atoms with E-state index in [0.717, 1.165) is 42.5 Å². The minimum absolute atomic E-state index is 0.0704. The van der Waals surface area contributed by atoms with E-state index in [1.165, 1.54) is 16.7 Å². The summed E-state index contributed by atoms with van der Waals surface area (Å²) in [5, 5.41) is 11.0. The van der Waals surface area contributed by atoms with Crippen LogP contribution in [0.15, 0.2) is 35.5 Å². The van der Waals surface area contributed by atoms with Crippen molar-refractivity contribution in [2.75, 3.05) is 13.2 Å². The second kappa shape index (κ2) is 7.35. The van der Waals surface area contributed by atoms with Gasteiger partial charge in [-0.2, -0.15) is 0 Å². The minimum Gasteiger partial charge on any atom is -0.389 e. The van der Waals surface area contributed by atoms with Crippen LogP contribution in [0.5, 0.6) is 0 Å². The molecule has 0 saturated carbocycles. The Morgan fingerprint density at radius 1 is 1.24 bits per heavy atom. The molecule has 6 nitrogen and oxygen atoms in total. The summed E-state index contributed by atoms with van der Waals surface area (Å²) in [6.45, 7) is 2.78. The minimum atomic E-state index is -0.687. The molecule has 1 saturated heterocycles. The highest BCUT2D eigenvalue weighted by atomic mass is 16.5. The van der Waals surface area contributed by atoms with Crippen LogP contribution < -0.4 is 5.56 Å². The van der Waals surface area contributed by atoms with Gasteiger partial charge in [-0.3, -0.25) is 14.3 Å². The van der Waals surface area contributed by atoms with Crippen molar-refractivity contribution >= 4 is 10.9 Å². The molecule has 150 valence electrons. The van der Waals surface area contributed by atoms with E-state index in [9.17, 15) is 9.90 Å². The summed E-state index contributed by atoms with van der Waals surface area (Å²) in [6.07, 6.45) is 7.31. The highest BCUT2D eigenvalue weighted by Gasteiger charge is 2.28. The predicted molar refractivity (Wildman–Crippen MR) is 110 cm³/mol. The van der Waals surface area contributed by atoms with Crippen molar-refractivity contribution < 1.29 is 9.84 Å². The first-order chi connectivity index (χ1) is 14.1. The number of pyridine rings is 1. The third-order valence-corrected chi connectivity index (χ3v) is 6.26. The lowest BCUT2D eigenvalue weighted by Gasteiger charge is -2.29. The van der Waals surface area contributed by atoms with E-state index in [0.29, 0.717) is 18.4 Å². The van der Waals surface area contributed by atoms with Gasteiger partial charge in [-0.05, 0) is 73.4 Å². The lowest BCUT2D eigenvalue weighted by molar-refractivity contribution is -0.0395. The van der Waals surface area contributed by atoms with Crippen LogP contribution in [-0.4, -0.2) is 39.0 Å². The van der Waals surface area contributed by atoms with Gasteiger partial charge in [0.05, 0.1) is 36.0 Å². The Kier molecular flexibility index (Phi) is 4.68. The van der Waals surface area contributed by atoms with Crippen LogP contribution >= 0.6 is 0 Å². The molecule has 5 rings (SSSR count). The average Bonchev–Trinajstić information content (AvgIpc) is 3.22. The van der Waals surface area contributed by atoms with E-state index in [-0.39, 0.29) is 18.2 Å². The van der Waals surface area contributed by atoms with Gasteiger partial charge in [-0.15, -0.1) is 0 Å². The van der Waals surface area contributed by atoms with Crippen LogP contribution in [0.25, 0.3) is 10.9 Å². The first kappa shape index (κ1) is 18.5. The molecule has 1 aromatic carbocycles. The second-order valence-corrected chi connectivity index (χ2v) is 8.18. The molecule has 2 atom stereocenters. The maximum absolute atomic E-state index is 13.4. The van der Waals surface area contributed by atoms with E-state index >= 15 is 0 Å². The molecule has 3 heterocycles. The van der Waals surface area contributed by atoms with Crippen LogP contribution in [-0.2, 0) is 24.0 Å². The van der Waals surface area contributed by atoms with Gasteiger partial charge < -0.3 is 9.84 Å². The summed E-state index contributed by atoms with van der Waals surface area (Å²) >= 11 is 0. The Morgan fingerprint density at radius 3 is 2.90 bits per heavy atom. The molecule has 6 heteroatoms. The average molecular weight is 391 g/mol. The quantitative estimate of drug-likeness (QED) is 0.742. The smallest absolute Gasteiger partial charge is 0.261 e. The standard InChI is InChI=1S/C23H25N3O3/c1-14-5-6-15(11-24-14)9-16-10-19-22(18-4-2-3-17(16)18)25-13-26(23(19)28)20-7-8-29-12-21(20)27/h5-6,10-11,13,20-21,27H,2-4,7-9,12H2,1H3/t20-,21-/m0/s1. The number of hydrogen-bond acceptors (Lipinski definition) is 5. The van der Waals surface area contributed by atoms with Crippen LogP contribution in [0.3, 0.4) is 0 Å². The Labute approximate surface area is 169 Å². The molecule has 0 amide bonds. The van der Waals surface area contributed by atoms with E-state index in [2.05, 4.69) is 16.0 Å². The van der Waals surface area contributed by atoms with Crippen molar-refractivity contribution in [3.8, 4) is 0 Å². The van der Waals surface area contributed by atoms with Crippen LogP contribution in [0.4, 0.5) is 0 Å². The van der Waals surface area contributed by atoms with Crippen molar-refractivity contribution in [3.05, 3.63) is 69.0 Å². The van der Waals surface area contributed by atoms with Crippen molar-refractivity contribution in [1.82, 2.24) is 14.5 Å². The molecule has 0 spiro atoms. The normalized spacial score (nSPS) is 21.4. The molecular formula is C23H25N3O3. The zero-order valence-electron chi connectivity index (χ0n) is 16.6.